The zero-order valence-corrected chi connectivity index (χ0v) is 14.7. The molecule has 1 aliphatic rings. The summed E-state index contributed by atoms with van der Waals surface area (Å²) in [5, 5.41) is 0. The van der Waals surface area contributed by atoms with Gasteiger partial charge in [0.2, 0.25) is 0 Å². The van der Waals surface area contributed by atoms with Crippen LogP contribution in [0.1, 0.15) is 66.1 Å². The average molecular weight is 298 g/mol. The molecule has 2 heteroatoms. The summed E-state index contributed by atoms with van der Waals surface area (Å²) in [6.45, 7) is 11.9. The number of benzene rings is 1. The molecule has 0 amide bonds. The molecule has 0 atom stereocenters. The highest BCUT2D eigenvalue weighted by Crippen LogP contribution is 2.51. The van der Waals surface area contributed by atoms with Crippen molar-refractivity contribution < 1.29 is 0 Å². The molecule has 0 saturated heterocycles. The molecule has 0 unspecified atom stereocenters. The van der Waals surface area contributed by atoms with Gasteiger partial charge in [0.25, 0.3) is 0 Å². The summed E-state index contributed by atoms with van der Waals surface area (Å²) < 4.78 is 0. The average Bonchev–Trinajstić information content (AvgIpc) is 2.80. The number of fused-ring (bicyclic) bond motifs is 1. The number of H-pyrrole nitrogens is 1. The number of imidazole rings is 1. The summed E-state index contributed by atoms with van der Waals surface area (Å²) in [6, 6.07) is 8.34. The molecule has 1 N–H and O–H groups in total. The summed E-state index contributed by atoms with van der Waals surface area (Å²) in [7, 11) is 0. The fourth-order valence-corrected chi connectivity index (χ4v) is 4.35. The third-order valence-electron chi connectivity index (χ3n) is 5.85. The van der Waals surface area contributed by atoms with Crippen LogP contribution in [-0.4, -0.2) is 9.97 Å². The molecule has 1 aromatic carbocycles. The predicted octanol–water partition coefficient (Wildman–Crippen LogP) is 5.69. The summed E-state index contributed by atoms with van der Waals surface area (Å²) in [6.07, 6.45) is 5.36. The standard InChI is InChI=1S/C20H30N2/c1-6-14-11-15(12-14)19(2,3)13-20(4,5)18-21-16-9-7-8-10-17(16)22-18/h7-10,14-15H,6,11-13H2,1-5H3,(H,21,22). The highest BCUT2D eigenvalue weighted by molar-refractivity contribution is 5.74. The molecular weight excluding hydrogens is 268 g/mol. The third-order valence-corrected chi connectivity index (χ3v) is 5.85. The fourth-order valence-electron chi connectivity index (χ4n) is 4.35. The second-order valence-electron chi connectivity index (χ2n) is 8.59. The first-order valence-electron chi connectivity index (χ1n) is 8.77. The first-order valence-corrected chi connectivity index (χ1v) is 8.77. The van der Waals surface area contributed by atoms with E-state index in [9.17, 15) is 0 Å². The van der Waals surface area contributed by atoms with Crippen molar-refractivity contribution in [2.45, 2.75) is 65.7 Å². The SMILES string of the molecule is CCC1CC(C(C)(C)CC(C)(C)c2nc3ccccc3[nH]2)C1. The Hall–Kier alpha value is -1.31. The van der Waals surface area contributed by atoms with Crippen LogP contribution in [0.25, 0.3) is 11.0 Å². The summed E-state index contributed by atoms with van der Waals surface area (Å²) in [5.74, 6) is 2.98. The minimum Gasteiger partial charge on any atom is -0.342 e. The van der Waals surface area contributed by atoms with E-state index in [1.54, 1.807) is 0 Å². The van der Waals surface area contributed by atoms with Gasteiger partial charge in [0.15, 0.2) is 0 Å². The Labute approximate surface area is 134 Å². The number of hydrogen-bond donors (Lipinski definition) is 1. The quantitative estimate of drug-likeness (QED) is 0.754. The van der Waals surface area contributed by atoms with Crippen LogP contribution < -0.4 is 0 Å². The van der Waals surface area contributed by atoms with Crippen LogP contribution in [0, 0.1) is 17.3 Å². The number of para-hydroxylation sites is 2. The van der Waals surface area contributed by atoms with Gasteiger partial charge in [-0.25, -0.2) is 4.98 Å². The van der Waals surface area contributed by atoms with Gasteiger partial charge in [-0.3, -0.25) is 0 Å². The highest BCUT2D eigenvalue weighted by Gasteiger charge is 2.42. The van der Waals surface area contributed by atoms with E-state index in [0.717, 1.165) is 28.7 Å². The summed E-state index contributed by atoms with van der Waals surface area (Å²) >= 11 is 0. The van der Waals surface area contributed by atoms with E-state index in [1.165, 1.54) is 25.7 Å². The van der Waals surface area contributed by atoms with Crippen molar-refractivity contribution in [3.63, 3.8) is 0 Å². The molecule has 120 valence electrons. The largest absolute Gasteiger partial charge is 0.342 e. The Balaban J connectivity index is 1.77. The van der Waals surface area contributed by atoms with Gasteiger partial charge in [-0.05, 0) is 48.6 Å². The van der Waals surface area contributed by atoms with Crippen LogP contribution in [0.15, 0.2) is 24.3 Å². The molecule has 1 aromatic heterocycles. The van der Waals surface area contributed by atoms with Crippen LogP contribution in [0.3, 0.4) is 0 Å². The van der Waals surface area contributed by atoms with E-state index in [4.69, 9.17) is 4.98 Å². The monoisotopic (exact) mass is 298 g/mol. The van der Waals surface area contributed by atoms with E-state index >= 15 is 0 Å². The lowest BCUT2D eigenvalue weighted by Crippen LogP contribution is -2.39. The minimum atomic E-state index is 0.0832. The number of hydrogen-bond acceptors (Lipinski definition) is 1. The molecule has 0 bridgehead atoms. The Morgan fingerprint density at radius 3 is 2.45 bits per heavy atom. The molecule has 1 aliphatic carbocycles. The minimum absolute atomic E-state index is 0.0832. The lowest BCUT2D eigenvalue weighted by atomic mass is 9.57. The van der Waals surface area contributed by atoms with Crippen LogP contribution in [0.5, 0.6) is 0 Å². The summed E-state index contributed by atoms with van der Waals surface area (Å²) in [4.78, 5) is 8.39. The Morgan fingerprint density at radius 1 is 1.14 bits per heavy atom. The van der Waals surface area contributed by atoms with Gasteiger partial charge in [0.05, 0.1) is 11.0 Å². The van der Waals surface area contributed by atoms with Crippen LogP contribution in [0.4, 0.5) is 0 Å². The molecule has 3 rings (SSSR count). The van der Waals surface area contributed by atoms with E-state index in [2.05, 4.69) is 63.9 Å². The van der Waals surface area contributed by atoms with Gasteiger partial charge in [0.1, 0.15) is 5.82 Å². The van der Waals surface area contributed by atoms with E-state index in [-0.39, 0.29) is 5.41 Å². The number of rotatable bonds is 5. The molecule has 1 saturated carbocycles. The van der Waals surface area contributed by atoms with Crippen LogP contribution in [-0.2, 0) is 5.41 Å². The molecule has 1 fully saturated rings. The zero-order chi connectivity index (χ0) is 16.0. The number of aromatic amines is 1. The maximum absolute atomic E-state index is 4.85. The van der Waals surface area contributed by atoms with Crippen molar-refractivity contribution in [2.24, 2.45) is 17.3 Å². The van der Waals surface area contributed by atoms with Gasteiger partial charge in [0, 0.05) is 5.41 Å². The van der Waals surface area contributed by atoms with Crippen molar-refractivity contribution in [3.05, 3.63) is 30.1 Å². The lowest BCUT2D eigenvalue weighted by molar-refractivity contribution is 0.0376. The second kappa shape index (κ2) is 5.40. The molecule has 2 aromatic rings. The van der Waals surface area contributed by atoms with Gasteiger partial charge >= 0.3 is 0 Å². The van der Waals surface area contributed by atoms with E-state index in [0.29, 0.717) is 5.41 Å². The van der Waals surface area contributed by atoms with Crippen LogP contribution >= 0.6 is 0 Å². The van der Waals surface area contributed by atoms with Gasteiger partial charge < -0.3 is 4.98 Å². The third kappa shape index (κ3) is 2.80. The fraction of sp³-hybridized carbons (Fsp3) is 0.650. The van der Waals surface area contributed by atoms with E-state index in [1.807, 2.05) is 0 Å². The van der Waals surface area contributed by atoms with Crippen molar-refractivity contribution in [3.8, 4) is 0 Å². The van der Waals surface area contributed by atoms with Gasteiger partial charge in [-0.2, -0.15) is 0 Å². The van der Waals surface area contributed by atoms with Crippen molar-refractivity contribution in [2.75, 3.05) is 0 Å². The van der Waals surface area contributed by atoms with Crippen molar-refractivity contribution >= 4 is 11.0 Å². The first-order chi connectivity index (χ1) is 10.3. The number of nitrogens with one attached hydrogen (secondary N) is 1. The predicted molar refractivity (Wildman–Crippen MR) is 94.0 cm³/mol. The molecule has 0 spiro atoms. The van der Waals surface area contributed by atoms with Gasteiger partial charge in [-0.1, -0.05) is 53.2 Å². The van der Waals surface area contributed by atoms with Gasteiger partial charge in [-0.15, -0.1) is 0 Å². The summed E-state index contributed by atoms with van der Waals surface area (Å²) in [5.41, 5.74) is 2.70. The first kappa shape index (κ1) is 15.6. The molecule has 0 radical (unpaired) electrons. The van der Waals surface area contributed by atoms with Crippen LogP contribution in [0.2, 0.25) is 0 Å². The smallest absolute Gasteiger partial charge is 0.112 e. The molecule has 1 heterocycles. The lowest BCUT2D eigenvalue weighted by Gasteiger charge is -2.48. The number of aromatic nitrogens is 2. The normalized spacial score (nSPS) is 22.8. The molecule has 22 heavy (non-hydrogen) atoms. The molecular formula is C20H30N2. The van der Waals surface area contributed by atoms with E-state index < -0.39 is 0 Å². The molecule has 0 aliphatic heterocycles. The molecule has 2 nitrogen and oxygen atoms in total. The van der Waals surface area contributed by atoms with Crippen molar-refractivity contribution in [1.82, 2.24) is 9.97 Å². The Morgan fingerprint density at radius 2 is 1.82 bits per heavy atom. The van der Waals surface area contributed by atoms with Crippen molar-refractivity contribution in [1.29, 1.82) is 0 Å². The second-order valence-corrected chi connectivity index (χ2v) is 8.59. The maximum Gasteiger partial charge on any atom is 0.112 e. The number of nitrogens with zero attached hydrogens (tertiary/aromatic N) is 1. The highest BCUT2D eigenvalue weighted by atomic mass is 14.9. The maximum atomic E-state index is 4.85. The Bertz CT molecular complexity index is 612. The topological polar surface area (TPSA) is 28.7 Å². The Kier molecular flexibility index (Phi) is 3.82. The zero-order valence-electron chi connectivity index (χ0n) is 14.7.